The maximum absolute atomic E-state index is 13.9. The molecule has 1 aromatic carbocycles. The van der Waals surface area contributed by atoms with E-state index in [4.69, 9.17) is 0 Å². The molecule has 2 aromatic heterocycles. The van der Waals surface area contributed by atoms with Gasteiger partial charge in [-0.1, -0.05) is 6.07 Å². The molecule has 1 saturated carbocycles. The third kappa shape index (κ3) is 4.08. The van der Waals surface area contributed by atoms with Crippen LogP contribution in [0.1, 0.15) is 28.4 Å². The van der Waals surface area contributed by atoms with Crippen molar-refractivity contribution in [3.05, 3.63) is 72.1 Å². The van der Waals surface area contributed by atoms with E-state index in [1.807, 2.05) is 0 Å². The molecule has 142 valence electrons. The first-order valence-corrected chi connectivity index (χ1v) is 8.68. The second-order valence-corrected chi connectivity index (χ2v) is 6.50. The van der Waals surface area contributed by atoms with Gasteiger partial charge in [0.15, 0.2) is 0 Å². The van der Waals surface area contributed by atoms with E-state index in [1.54, 1.807) is 0 Å². The van der Waals surface area contributed by atoms with Crippen molar-refractivity contribution in [2.45, 2.75) is 12.3 Å². The van der Waals surface area contributed by atoms with Crippen molar-refractivity contribution in [1.82, 2.24) is 19.9 Å². The second kappa shape index (κ2) is 7.63. The molecule has 1 aliphatic carbocycles. The number of nitrogens with zero attached hydrogens (tertiary/aromatic N) is 4. The highest BCUT2D eigenvalue weighted by atomic mass is 19.1. The van der Waals surface area contributed by atoms with E-state index in [2.05, 4.69) is 30.6 Å². The van der Waals surface area contributed by atoms with Crippen LogP contribution in [-0.4, -0.2) is 32.4 Å². The standard InChI is InChI=1S/C19H16F2N6O/c20-12-1-2-14(16(21)6-12)15-5-11(15)7-25-19-24-4-3-17(27-19)18(28)26-13-8-22-10-23-9-13/h1-4,6,8-11,15H,5,7H2,(H,26,28)(H,24,25,27). The molecule has 4 rings (SSSR count). The SMILES string of the molecule is O=C(Nc1cncnc1)c1ccnc(NCC2CC2c2ccc(F)cc2F)n1. The molecule has 2 N–H and O–H groups in total. The third-order valence-electron chi connectivity index (χ3n) is 4.51. The first-order valence-electron chi connectivity index (χ1n) is 8.68. The number of carbonyl (C=O) groups excluding carboxylic acids is 1. The zero-order chi connectivity index (χ0) is 19.5. The van der Waals surface area contributed by atoms with Gasteiger partial charge in [0.25, 0.3) is 5.91 Å². The fourth-order valence-corrected chi connectivity index (χ4v) is 3.01. The number of nitrogens with one attached hydrogen (secondary N) is 2. The second-order valence-electron chi connectivity index (χ2n) is 6.50. The minimum atomic E-state index is -0.581. The summed E-state index contributed by atoms with van der Waals surface area (Å²) >= 11 is 0. The molecule has 0 aliphatic heterocycles. The van der Waals surface area contributed by atoms with E-state index in [9.17, 15) is 13.6 Å². The fourth-order valence-electron chi connectivity index (χ4n) is 3.01. The first kappa shape index (κ1) is 17.9. The average Bonchev–Trinajstić information content (AvgIpc) is 3.47. The lowest BCUT2D eigenvalue weighted by Gasteiger charge is -2.07. The number of hydrogen-bond donors (Lipinski definition) is 2. The van der Waals surface area contributed by atoms with E-state index in [-0.39, 0.29) is 17.5 Å². The highest BCUT2D eigenvalue weighted by Crippen LogP contribution is 2.48. The number of rotatable bonds is 6. The number of anilines is 2. The van der Waals surface area contributed by atoms with Crippen molar-refractivity contribution in [3.8, 4) is 0 Å². The highest BCUT2D eigenvalue weighted by molar-refractivity contribution is 6.02. The molecule has 9 heteroatoms. The third-order valence-corrected chi connectivity index (χ3v) is 4.51. The van der Waals surface area contributed by atoms with Crippen molar-refractivity contribution < 1.29 is 13.6 Å². The maximum atomic E-state index is 13.9. The normalized spacial score (nSPS) is 17.8. The van der Waals surface area contributed by atoms with Crippen LogP contribution in [0, 0.1) is 17.6 Å². The van der Waals surface area contributed by atoms with Crippen LogP contribution in [0.25, 0.3) is 0 Å². The predicted octanol–water partition coefficient (Wildman–Crippen LogP) is 3.01. The molecule has 3 aromatic rings. The molecular formula is C19H16F2N6O. The van der Waals surface area contributed by atoms with Gasteiger partial charge in [-0.05, 0) is 36.0 Å². The number of benzene rings is 1. The van der Waals surface area contributed by atoms with Gasteiger partial charge >= 0.3 is 0 Å². The van der Waals surface area contributed by atoms with Gasteiger partial charge in [0.1, 0.15) is 23.7 Å². The van der Waals surface area contributed by atoms with Crippen LogP contribution in [0.15, 0.2) is 49.2 Å². The molecule has 1 aliphatic rings. The summed E-state index contributed by atoms with van der Waals surface area (Å²) in [5.74, 6) is -0.963. The Morgan fingerprint density at radius 1 is 1.18 bits per heavy atom. The van der Waals surface area contributed by atoms with Crippen molar-refractivity contribution in [2.24, 2.45) is 5.92 Å². The van der Waals surface area contributed by atoms with E-state index in [1.165, 1.54) is 43.1 Å². The summed E-state index contributed by atoms with van der Waals surface area (Å²) in [7, 11) is 0. The van der Waals surface area contributed by atoms with Gasteiger partial charge in [0.05, 0.1) is 18.1 Å². The Morgan fingerprint density at radius 2 is 2.00 bits per heavy atom. The lowest BCUT2D eigenvalue weighted by atomic mass is 10.1. The van der Waals surface area contributed by atoms with Gasteiger partial charge in [-0.15, -0.1) is 0 Å². The van der Waals surface area contributed by atoms with Crippen molar-refractivity contribution >= 4 is 17.5 Å². The van der Waals surface area contributed by atoms with E-state index < -0.39 is 17.5 Å². The highest BCUT2D eigenvalue weighted by Gasteiger charge is 2.39. The van der Waals surface area contributed by atoms with E-state index in [0.717, 1.165) is 12.5 Å². The molecule has 7 nitrogen and oxygen atoms in total. The molecule has 2 unspecified atom stereocenters. The fraction of sp³-hybridized carbons (Fsp3) is 0.211. The lowest BCUT2D eigenvalue weighted by Crippen LogP contribution is -2.16. The predicted molar refractivity (Wildman–Crippen MR) is 97.7 cm³/mol. The molecular weight excluding hydrogens is 366 g/mol. The molecule has 2 heterocycles. The maximum Gasteiger partial charge on any atom is 0.274 e. The number of hydrogen-bond acceptors (Lipinski definition) is 6. The van der Waals surface area contributed by atoms with Crippen LogP contribution in [0.3, 0.4) is 0 Å². The Hall–Kier alpha value is -3.49. The Bertz CT molecular complexity index is 1000. The van der Waals surface area contributed by atoms with Crippen LogP contribution in [0.5, 0.6) is 0 Å². The van der Waals surface area contributed by atoms with Crippen molar-refractivity contribution in [2.75, 3.05) is 17.2 Å². The minimum absolute atomic E-state index is 0.0395. The molecule has 0 spiro atoms. The number of halogens is 2. The van der Waals surface area contributed by atoms with Gasteiger partial charge in [0.2, 0.25) is 5.95 Å². The quantitative estimate of drug-likeness (QED) is 0.681. The molecule has 0 radical (unpaired) electrons. The summed E-state index contributed by atoms with van der Waals surface area (Å²) in [6.07, 6.45) is 6.60. The number of amides is 1. The number of carbonyl (C=O) groups is 1. The van der Waals surface area contributed by atoms with Crippen molar-refractivity contribution in [1.29, 1.82) is 0 Å². The number of aromatic nitrogens is 4. The summed E-state index contributed by atoms with van der Waals surface area (Å²) < 4.78 is 26.9. The van der Waals surface area contributed by atoms with E-state index >= 15 is 0 Å². The molecule has 28 heavy (non-hydrogen) atoms. The summed E-state index contributed by atoms with van der Waals surface area (Å²) in [6.45, 7) is 0.527. The Morgan fingerprint density at radius 3 is 2.79 bits per heavy atom. The molecule has 1 amide bonds. The lowest BCUT2D eigenvalue weighted by molar-refractivity contribution is 0.102. The monoisotopic (exact) mass is 382 g/mol. The van der Waals surface area contributed by atoms with Gasteiger partial charge in [-0.25, -0.2) is 28.7 Å². The Kier molecular flexibility index (Phi) is 4.88. The first-order chi connectivity index (χ1) is 13.6. The van der Waals surface area contributed by atoms with Crippen LogP contribution in [0.4, 0.5) is 20.4 Å². The van der Waals surface area contributed by atoms with Gasteiger partial charge in [0, 0.05) is 18.8 Å². The smallest absolute Gasteiger partial charge is 0.274 e. The summed E-state index contributed by atoms with van der Waals surface area (Å²) in [4.78, 5) is 28.2. The largest absolute Gasteiger partial charge is 0.354 e. The van der Waals surface area contributed by atoms with Gasteiger partial charge in [-0.2, -0.15) is 0 Å². The summed E-state index contributed by atoms with van der Waals surface area (Å²) in [5, 5.41) is 5.72. The average molecular weight is 382 g/mol. The summed E-state index contributed by atoms with van der Waals surface area (Å²) in [6, 6.07) is 5.16. The van der Waals surface area contributed by atoms with Crippen LogP contribution in [-0.2, 0) is 0 Å². The van der Waals surface area contributed by atoms with Gasteiger partial charge in [-0.3, -0.25) is 4.79 Å². The molecule has 1 fully saturated rings. The topological polar surface area (TPSA) is 92.7 Å². The molecule has 0 bridgehead atoms. The Balaban J connectivity index is 1.35. The molecule has 2 atom stereocenters. The van der Waals surface area contributed by atoms with Gasteiger partial charge < -0.3 is 10.6 Å². The van der Waals surface area contributed by atoms with E-state index in [0.29, 0.717) is 23.7 Å². The minimum Gasteiger partial charge on any atom is -0.354 e. The zero-order valence-electron chi connectivity index (χ0n) is 14.6. The zero-order valence-corrected chi connectivity index (χ0v) is 14.6. The molecule has 0 saturated heterocycles. The van der Waals surface area contributed by atoms with Crippen molar-refractivity contribution in [3.63, 3.8) is 0 Å². The van der Waals surface area contributed by atoms with Crippen LogP contribution < -0.4 is 10.6 Å². The Labute approximate surface area is 159 Å². The summed E-state index contributed by atoms with van der Waals surface area (Å²) in [5.41, 5.74) is 1.17. The van der Waals surface area contributed by atoms with Crippen LogP contribution >= 0.6 is 0 Å². The van der Waals surface area contributed by atoms with Crippen LogP contribution in [0.2, 0.25) is 0 Å².